The average Bonchev–Trinajstić information content (AvgIpc) is 2.78. The highest BCUT2D eigenvalue weighted by molar-refractivity contribution is 5.97. The molecule has 18 heavy (non-hydrogen) atoms. The fourth-order valence-electron chi connectivity index (χ4n) is 1.51. The first-order chi connectivity index (χ1) is 8.51. The first-order valence-electron chi connectivity index (χ1n) is 5.35. The van der Waals surface area contributed by atoms with Gasteiger partial charge in [0.25, 0.3) is 5.91 Å². The molecule has 0 spiro atoms. The number of amides is 1. The molecule has 2 N–H and O–H groups in total. The van der Waals surface area contributed by atoms with E-state index < -0.39 is 11.6 Å². The highest BCUT2D eigenvalue weighted by atomic mass is 16.5. The van der Waals surface area contributed by atoms with E-state index in [4.69, 9.17) is 9.84 Å². The van der Waals surface area contributed by atoms with E-state index in [0.29, 0.717) is 12.2 Å². The van der Waals surface area contributed by atoms with Crippen LogP contribution in [0.3, 0.4) is 0 Å². The number of carboxylic acids is 1. The van der Waals surface area contributed by atoms with Crippen LogP contribution >= 0.6 is 0 Å². The van der Waals surface area contributed by atoms with Crippen molar-refractivity contribution in [3.8, 4) is 0 Å². The lowest BCUT2D eigenvalue weighted by molar-refractivity contribution is -0.131. The summed E-state index contributed by atoms with van der Waals surface area (Å²) < 4.78 is 5.22. The molecule has 0 radical (unpaired) electrons. The molecule has 0 saturated carbocycles. The maximum Gasteiger partial charge on any atom is 0.337 e. The van der Waals surface area contributed by atoms with Gasteiger partial charge in [-0.3, -0.25) is 4.79 Å². The Bertz CT molecular complexity index is 499. The molecule has 1 atom stereocenters. The Morgan fingerprint density at radius 3 is 2.78 bits per heavy atom. The largest absolute Gasteiger partial charge is 0.485 e. The predicted octanol–water partition coefficient (Wildman–Crippen LogP) is 1.41. The van der Waals surface area contributed by atoms with Crippen molar-refractivity contribution in [3.63, 3.8) is 0 Å². The normalized spacial score (nSPS) is 21.4. The van der Waals surface area contributed by atoms with E-state index >= 15 is 0 Å². The van der Waals surface area contributed by atoms with Crippen LogP contribution in [0, 0.1) is 0 Å². The number of carbonyl (C=O) groups is 2. The fourth-order valence-corrected chi connectivity index (χ4v) is 1.51. The Morgan fingerprint density at radius 1 is 1.50 bits per heavy atom. The van der Waals surface area contributed by atoms with Crippen molar-refractivity contribution in [3.05, 3.63) is 36.2 Å². The zero-order valence-corrected chi connectivity index (χ0v) is 9.71. The Labute approximate surface area is 103 Å². The number of nitrogens with one attached hydrogen (secondary N) is 1. The number of aromatic nitrogens is 1. The zero-order chi connectivity index (χ0) is 13.2. The predicted molar refractivity (Wildman–Crippen MR) is 63.1 cm³/mol. The molecule has 1 aliphatic heterocycles. The van der Waals surface area contributed by atoms with Gasteiger partial charge in [-0.1, -0.05) is 0 Å². The maximum atomic E-state index is 11.9. The van der Waals surface area contributed by atoms with Crippen molar-refractivity contribution in [2.24, 2.45) is 0 Å². The average molecular weight is 248 g/mol. The number of hydrogen-bond donors (Lipinski definition) is 2. The molecule has 1 amide bonds. The molecule has 6 heteroatoms. The molecule has 1 aliphatic rings. The van der Waals surface area contributed by atoms with Crippen LogP contribution in [0.5, 0.6) is 0 Å². The number of carbonyl (C=O) groups excluding carboxylic acids is 1. The number of pyridine rings is 1. The van der Waals surface area contributed by atoms with Gasteiger partial charge in [-0.15, -0.1) is 0 Å². The summed E-state index contributed by atoms with van der Waals surface area (Å²) in [6, 6.07) is 2.81. The van der Waals surface area contributed by atoms with Gasteiger partial charge in [-0.05, 0) is 25.1 Å². The summed E-state index contributed by atoms with van der Waals surface area (Å²) in [7, 11) is 0. The van der Waals surface area contributed by atoms with Gasteiger partial charge < -0.3 is 15.2 Å². The summed E-state index contributed by atoms with van der Waals surface area (Å²) in [5, 5.41) is 11.3. The molecular formula is C12H12N2O4. The second kappa shape index (κ2) is 4.48. The highest BCUT2D eigenvalue weighted by Crippen LogP contribution is 2.24. The molecule has 0 aliphatic carbocycles. The third kappa shape index (κ3) is 2.32. The number of rotatable bonds is 3. The summed E-state index contributed by atoms with van der Waals surface area (Å²) >= 11 is 0. The number of aromatic carboxylic acids is 1. The van der Waals surface area contributed by atoms with Crippen molar-refractivity contribution >= 4 is 17.7 Å². The molecule has 0 saturated heterocycles. The van der Waals surface area contributed by atoms with E-state index in [-0.39, 0.29) is 11.5 Å². The van der Waals surface area contributed by atoms with Crippen LogP contribution in [-0.4, -0.2) is 27.6 Å². The van der Waals surface area contributed by atoms with Gasteiger partial charge in [0.1, 0.15) is 5.82 Å². The minimum atomic E-state index is -1.06. The SMILES string of the molecule is CC1(C(=O)Nc2ccc(C(=O)O)cn2)CC=CO1. The summed E-state index contributed by atoms with van der Waals surface area (Å²) in [5.41, 5.74) is -0.856. The van der Waals surface area contributed by atoms with Crippen molar-refractivity contribution in [2.75, 3.05) is 5.32 Å². The monoisotopic (exact) mass is 248 g/mol. The molecule has 1 unspecified atom stereocenters. The van der Waals surface area contributed by atoms with Crippen LogP contribution in [0.25, 0.3) is 0 Å². The Balaban J connectivity index is 2.05. The maximum absolute atomic E-state index is 11.9. The third-order valence-electron chi connectivity index (χ3n) is 2.66. The first-order valence-corrected chi connectivity index (χ1v) is 5.35. The minimum Gasteiger partial charge on any atom is -0.485 e. The van der Waals surface area contributed by atoms with Gasteiger partial charge in [0.2, 0.25) is 0 Å². The van der Waals surface area contributed by atoms with Gasteiger partial charge in [0.05, 0.1) is 11.8 Å². The van der Waals surface area contributed by atoms with Crippen molar-refractivity contribution in [2.45, 2.75) is 18.9 Å². The number of hydrogen-bond acceptors (Lipinski definition) is 4. The van der Waals surface area contributed by atoms with Crippen LogP contribution in [0.2, 0.25) is 0 Å². The van der Waals surface area contributed by atoms with E-state index in [0.717, 1.165) is 0 Å². The summed E-state index contributed by atoms with van der Waals surface area (Å²) in [6.07, 6.45) is 4.93. The summed E-state index contributed by atoms with van der Waals surface area (Å²) in [5.74, 6) is -1.08. The lowest BCUT2D eigenvalue weighted by Crippen LogP contribution is -2.39. The smallest absolute Gasteiger partial charge is 0.337 e. The highest BCUT2D eigenvalue weighted by Gasteiger charge is 2.36. The number of carboxylic acid groups (broad SMARTS) is 1. The van der Waals surface area contributed by atoms with Crippen molar-refractivity contribution in [1.29, 1.82) is 0 Å². The van der Waals surface area contributed by atoms with E-state index in [1.54, 1.807) is 13.0 Å². The number of anilines is 1. The standard InChI is InChI=1S/C12H12N2O4/c1-12(5-2-6-18-12)11(17)14-9-4-3-8(7-13-9)10(15)16/h2-4,6-7H,5H2,1H3,(H,15,16)(H,13,14,17). The Kier molecular flexibility index (Phi) is 3.01. The lowest BCUT2D eigenvalue weighted by Gasteiger charge is -2.22. The van der Waals surface area contributed by atoms with Gasteiger partial charge in [-0.25, -0.2) is 9.78 Å². The summed E-state index contributed by atoms with van der Waals surface area (Å²) in [6.45, 7) is 1.67. The van der Waals surface area contributed by atoms with Gasteiger partial charge in [0, 0.05) is 12.6 Å². The van der Waals surface area contributed by atoms with Gasteiger partial charge in [0.15, 0.2) is 5.60 Å². The molecule has 0 bridgehead atoms. The lowest BCUT2D eigenvalue weighted by atomic mass is 10.0. The van der Waals surface area contributed by atoms with Crippen LogP contribution in [0.15, 0.2) is 30.7 Å². The molecule has 6 nitrogen and oxygen atoms in total. The number of ether oxygens (including phenoxy) is 1. The topological polar surface area (TPSA) is 88.5 Å². The third-order valence-corrected chi connectivity index (χ3v) is 2.66. The molecule has 0 fully saturated rings. The van der Waals surface area contributed by atoms with Gasteiger partial charge >= 0.3 is 5.97 Å². The quantitative estimate of drug-likeness (QED) is 0.844. The van der Waals surface area contributed by atoms with E-state index in [1.165, 1.54) is 24.6 Å². The zero-order valence-electron chi connectivity index (χ0n) is 9.71. The fraction of sp³-hybridized carbons (Fsp3) is 0.250. The molecule has 2 rings (SSSR count). The molecule has 1 aromatic heterocycles. The minimum absolute atomic E-state index is 0.0676. The van der Waals surface area contributed by atoms with E-state index in [9.17, 15) is 9.59 Å². The number of nitrogens with zero attached hydrogens (tertiary/aromatic N) is 1. The molecule has 0 aromatic carbocycles. The van der Waals surface area contributed by atoms with E-state index in [1.807, 2.05) is 0 Å². The van der Waals surface area contributed by atoms with Crippen LogP contribution in [0.1, 0.15) is 23.7 Å². The Hall–Kier alpha value is -2.37. The Morgan fingerprint density at radius 2 is 2.28 bits per heavy atom. The van der Waals surface area contributed by atoms with Crippen molar-refractivity contribution < 1.29 is 19.4 Å². The van der Waals surface area contributed by atoms with Gasteiger partial charge in [-0.2, -0.15) is 0 Å². The van der Waals surface area contributed by atoms with Crippen LogP contribution < -0.4 is 5.32 Å². The second-order valence-corrected chi connectivity index (χ2v) is 4.12. The first kappa shape index (κ1) is 12.1. The second-order valence-electron chi connectivity index (χ2n) is 4.12. The molecule has 94 valence electrons. The molecule has 1 aromatic rings. The molecular weight excluding hydrogens is 236 g/mol. The van der Waals surface area contributed by atoms with Crippen LogP contribution in [-0.2, 0) is 9.53 Å². The summed E-state index contributed by atoms with van der Waals surface area (Å²) in [4.78, 5) is 26.4. The van der Waals surface area contributed by atoms with Crippen molar-refractivity contribution in [1.82, 2.24) is 4.98 Å². The van der Waals surface area contributed by atoms with Crippen LogP contribution in [0.4, 0.5) is 5.82 Å². The molecule has 2 heterocycles. The van der Waals surface area contributed by atoms with E-state index in [2.05, 4.69) is 10.3 Å².